The van der Waals surface area contributed by atoms with E-state index < -0.39 is 0 Å². The van der Waals surface area contributed by atoms with E-state index in [1.54, 1.807) is 13.1 Å². The summed E-state index contributed by atoms with van der Waals surface area (Å²) in [6.07, 6.45) is 6.32. The van der Waals surface area contributed by atoms with Crippen molar-refractivity contribution in [3.8, 4) is 11.3 Å². The number of fused-ring (bicyclic) bond motifs is 2. The van der Waals surface area contributed by atoms with Gasteiger partial charge in [0, 0.05) is 74.2 Å². The fourth-order valence-corrected chi connectivity index (χ4v) is 4.71. The zero-order chi connectivity index (χ0) is 20.7. The molecule has 0 saturated carbocycles. The van der Waals surface area contributed by atoms with Gasteiger partial charge in [0.15, 0.2) is 0 Å². The molecule has 1 aromatic carbocycles. The van der Waals surface area contributed by atoms with Crippen LogP contribution in [0.2, 0.25) is 0 Å². The number of carbonyl (C=O) groups is 1. The standard InChI is InChI=1S/C23H26N4O3/c1-15(29)26-7-3-22-21(13-26)23(25-27(22)18-4-8-30-9-5-18)19-11-16(14-28)10-17-2-6-24-12-20(17)19/h2,6,10-12,18,28H,3-5,7-9,13-14H2,1H3. The molecule has 1 saturated heterocycles. The van der Waals surface area contributed by atoms with E-state index in [2.05, 4.69) is 9.67 Å². The Balaban J connectivity index is 1.71. The van der Waals surface area contributed by atoms with E-state index in [0.29, 0.717) is 12.6 Å². The number of hydrogen-bond acceptors (Lipinski definition) is 5. The molecule has 4 heterocycles. The number of rotatable bonds is 3. The molecule has 2 aliphatic heterocycles. The topological polar surface area (TPSA) is 80.5 Å². The molecule has 0 bridgehead atoms. The summed E-state index contributed by atoms with van der Waals surface area (Å²) >= 11 is 0. The molecule has 0 radical (unpaired) electrons. The normalized spacial score (nSPS) is 17.3. The highest BCUT2D eigenvalue weighted by Gasteiger charge is 2.30. The molecule has 2 aliphatic rings. The van der Waals surface area contributed by atoms with E-state index in [1.807, 2.05) is 29.3 Å². The van der Waals surface area contributed by atoms with Crippen LogP contribution in [0.3, 0.4) is 0 Å². The fourth-order valence-electron chi connectivity index (χ4n) is 4.71. The van der Waals surface area contributed by atoms with Gasteiger partial charge in [-0.05, 0) is 42.0 Å². The van der Waals surface area contributed by atoms with Crippen molar-refractivity contribution in [2.24, 2.45) is 0 Å². The van der Waals surface area contributed by atoms with Gasteiger partial charge >= 0.3 is 0 Å². The highest BCUT2D eigenvalue weighted by Crippen LogP contribution is 2.37. The number of benzene rings is 1. The SMILES string of the molecule is CC(=O)N1CCc2c(c(-c3cc(CO)cc4ccncc34)nn2C2CCOCC2)C1. The molecule has 7 heteroatoms. The Labute approximate surface area is 175 Å². The van der Waals surface area contributed by atoms with Gasteiger partial charge < -0.3 is 14.7 Å². The number of pyridine rings is 1. The van der Waals surface area contributed by atoms with Crippen molar-refractivity contribution in [2.45, 2.75) is 45.4 Å². The third kappa shape index (κ3) is 3.28. The van der Waals surface area contributed by atoms with Crippen LogP contribution < -0.4 is 0 Å². The Hall–Kier alpha value is -2.77. The Kier molecular flexibility index (Phi) is 5.00. The predicted molar refractivity (Wildman–Crippen MR) is 113 cm³/mol. The lowest BCUT2D eigenvalue weighted by atomic mass is 9.95. The molecule has 5 rings (SSSR count). The minimum Gasteiger partial charge on any atom is -0.392 e. The highest BCUT2D eigenvalue weighted by molar-refractivity contribution is 5.96. The second-order valence-corrected chi connectivity index (χ2v) is 8.15. The molecule has 0 aliphatic carbocycles. The first-order valence-electron chi connectivity index (χ1n) is 10.6. The van der Waals surface area contributed by atoms with Gasteiger partial charge in [-0.3, -0.25) is 14.5 Å². The maximum absolute atomic E-state index is 12.1. The molecule has 0 unspecified atom stereocenters. The van der Waals surface area contributed by atoms with Crippen LogP contribution in [0.5, 0.6) is 0 Å². The summed E-state index contributed by atoms with van der Waals surface area (Å²) in [6, 6.07) is 6.27. The zero-order valence-corrected chi connectivity index (χ0v) is 17.2. The van der Waals surface area contributed by atoms with Crippen LogP contribution in [-0.2, 0) is 29.1 Å². The first kappa shape index (κ1) is 19.2. The van der Waals surface area contributed by atoms with Crippen LogP contribution in [0.4, 0.5) is 0 Å². The van der Waals surface area contributed by atoms with Crippen molar-refractivity contribution in [3.63, 3.8) is 0 Å². The fraction of sp³-hybridized carbons (Fsp3) is 0.435. The number of aliphatic hydroxyl groups is 1. The second-order valence-electron chi connectivity index (χ2n) is 8.15. The summed E-state index contributed by atoms with van der Waals surface area (Å²) in [5.74, 6) is 0.0843. The minimum absolute atomic E-state index is 0.0340. The van der Waals surface area contributed by atoms with E-state index in [9.17, 15) is 9.90 Å². The Bertz CT molecular complexity index is 1100. The zero-order valence-electron chi connectivity index (χ0n) is 17.2. The lowest BCUT2D eigenvalue weighted by molar-refractivity contribution is -0.129. The van der Waals surface area contributed by atoms with E-state index in [0.717, 1.165) is 72.2 Å². The molecule has 7 nitrogen and oxygen atoms in total. The van der Waals surface area contributed by atoms with Gasteiger partial charge in [-0.1, -0.05) is 0 Å². The summed E-state index contributed by atoms with van der Waals surface area (Å²) < 4.78 is 7.76. The summed E-state index contributed by atoms with van der Waals surface area (Å²) in [7, 11) is 0. The molecule has 1 amide bonds. The van der Waals surface area contributed by atoms with Crippen molar-refractivity contribution in [1.29, 1.82) is 0 Å². The largest absolute Gasteiger partial charge is 0.392 e. The van der Waals surface area contributed by atoms with Crippen LogP contribution in [0.25, 0.3) is 22.0 Å². The van der Waals surface area contributed by atoms with Crippen LogP contribution >= 0.6 is 0 Å². The third-order valence-electron chi connectivity index (χ3n) is 6.32. The van der Waals surface area contributed by atoms with Crippen LogP contribution in [0.15, 0.2) is 30.6 Å². The number of aliphatic hydroxyl groups excluding tert-OH is 1. The van der Waals surface area contributed by atoms with E-state index in [4.69, 9.17) is 9.84 Å². The molecule has 0 spiro atoms. The molecule has 156 valence electrons. The summed E-state index contributed by atoms with van der Waals surface area (Å²) in [6.45, 7) is 4.37. The van der Waals surface area contributed by atoms with Crippen molar-refractivity contribution in [3.05, 3.63) is 47.4 Å². The number of hydrogen-bond donors (Lipinski definition) is 1. The second kappa shape index (κ2) is 7.81. The lowest BCUT2D eigenvalue weighted by Gasteiger charge is -2.29. The third-order valence-corrected chi connectivity index (χ3v) is 6.32. The predicted octanol–water partition coefficient (Wildman–Crippen LogP) is 2.85. The summed E-state index contributed by atoms with van der Waals surface area (Å²) in [5.41, 5.74) is 5.05. The minimum atomic E-state index is -0.0340. The average molecular weight is 406 g/mol. The van der Waals surface area contributed by atoms with Gasteiger partial charge in [-0.25, -0.2) is 0 Å². The smallest absolute Gasteiger partial charge is 0.219 e. The van der Waals surface area contributed by atoms with E-state index >= 15 is 0 Å². The van der Waals surface area contributed by atoms with Gasteiger partial charge in [0.25, 0.3) is 0 Å². The monoisotopic (exact) mass is 406 g/mol. The van der Waals surface area contributed by atoms with Crippen molar-refractivity contribution < 1.29 is 14.6 Å². The van der Waals surface area contributed by atoms with E-state index in [1.165, 1.54) is 5.69 Å². The molecular formula is C23H26N4O3. The van der Waals surface area contributed by atoms with Crippen LogP contribution in [0.1, 0.15) is 42.6 Å². The Morgan fingerprint density at radius 1 is 1.30 bits per heavy atom. The molecule has 0 atom stereocenters. The number of amides is 1. The first-order valence-corrected chi connectivity index (χ1v) is 10.6. The summed E-state index contributed by atoms with van der Waals surface area (Å²) in [5, 5.41) is 17.0. The molecule has 2 aromatic heterocycles. The Morgan fingerprint density at radius 2 is 2.13 bits per heavy atom. The van der Waals surface area contributed by atoms with Gasteiger partial charge in [0.05, 0.1) is 18.3 Å². The van der Waals surface area contributed by atoms with Crippen molar-refractivity contribution in [1.82, 2.24) is 19.7 Å². The molecule has 30 heavy (non-hydrogen) atoms. The van der Waals surface area contributed by atoms with Crippen LogP contribution in [0, 0.1) is 0 Å². The number of ether oxygens (including phenoxy) is 1. The molecule has 1 N–H and O–H groups in total. The summed E-state index contributed by atoms with van der Waals surface area (Å²) in [4.78, 5) is 18.3. The van der Waals surface area contributed by atoms with E-state index in [-0.39, 0.29) is 12.5 Å². The first-order chi connectivity index (χ1) is 14.7. The number of nitrogens with zero attached hydrogens (tertiary/aromatic N) is 4. The van der Waals surface area contributed by atoms with Crippen molar-refractivity contribution in [2.75, 3.05) is 19.8 Å². The average Bonchev–Trinajstić information content (AvgIpc) is 3.17. The van der Waals surface area contributed by atoms with Crippen LogP contribution in [-0.4, -0.2) is 50.4 Å². The molecular weight excluding hydrogens is 380 g/mol. The number of carbonyl (C=O) groups excluding carboxylic acids is 1. The van der Waals surface area contributed by atoms with Gasteiger partial charge in [-0.2, -0.15) is 5.10 Å². The lowest BCUT2D eigenvalue weighted by Crippen LogP contribution is -2.35. The number of aromatic nitrogens is 3. The van der Waals surface area contributed by atoms with Gasteiger partial charge in [0.1, 0.15) is 0 Å². The van der Waals surface area contributed by atoms with Gasteiger partial charge in [0.2, 0.25) is 5.91 Å². The quantitative estimate of drug-likeness (QED) is 0.723. The highest BCUT2D eigenvalue weighted by atomic mass is 16.5. The molecule has 1 fully saturated rings. The Morgan fingerprint density at radius 3 is 2.90 bits per heavy atom. The van der Waals surface area contributed by atoms with Gasteiger partial charge in [-0.15, -0.1) is 0 Å². The maximum atomic E-state index is 12.1. The molecule has 3 aromatic rings. The maximum Gasteiger partial charge on any atom is 0.219 e. The van der Waals surface area contributed by atoms with Crippen molar-refractivity contribution >= 4 is 16.7 Å².